The van der Waals surface area contributed by atoms with Gasteiger partial charge in [-0.25, -0.2) is 0 Å². The SMILES string of the molecule is O=C(NCc1ccc(C(O)c2ccco2)s1)c1cc(C2CC2)on1. The summed E-state index contributed by atoms with van der Waals surface area (Å²) in [6.07, 6.45) is 2.95. The van der Waals surface area contributed by atoms with Crippen LogP contribution in [-0.2, 0) is 6.54 Å². The number of hydrogen-bond acceptors (Lipinski definition) is 6. The van der Waals surface area contributed by atoms with Crippen LogP contribution < -0.4 is 5.32 Å². The first-order chi connectivity index (χ1) is 11.7. The largest absolute Gasteiger partial charge is 0.466 e. The molecular formula is C17H16N2O4S. The highest BCUT2D eigenvalue weighted by molar-refractivity contribution is 7.12. The van der Waals surface area contributed by atoms with Gasteiger partial charge in [-0.15, -0.1) is 11.3 Å². The summed E-state index contributed by atoms with van der Waals surface area (Å²) in [6.45, 7) is 0.375. The molecule has 0 bridgehead atoms. The average Bonchev–Trinajstić information content (AvgIpc) is 3.07. The molecule has 2 N–H and O–H groups in total. The Morgan fingerprint density at radius 1 is 1.42 bits per heavy atom. The Labute approximate surface area is 142 Å². The third kappa shape index (κ3) is 3.13. The monoisotopic (exact) mass is 344 g/mol. The Hall–Kier alpha value is -2.38. The maximum absolute atomic E-state index is 12.1. The van der Waals surface area contributed by atoms with E-state index in [9.17, 15) is 9.90 Å². The Kier molecular flexibility index (Phi) is 3.95. The minimum Gasteiger partial charge on any atom is -0.466 e. The number of hydrogen-bond donors (Lipinski definition) is 2. The van der Waals surface area contributed by atoms with Crippen LogP contribution in [0.1, 0.15) is 56.6 Å². The van der Waals surface area contributed by atoms with Gasteiger partial charge in [0.2, 0.25) is 0 Å². The van der Waals surface area contributed by atoms with E-state index in [4.69, 9.17) is 8.94 Å². The highest BCUT2D eigenvalue weighted by atomic mass is 32.1. The van der Waals surface area contributed by atoms with Gasteiger partial charge in [-0.2, -0.15) is 0 Å². The van der Waals surface area contributed by atoms with Crippen molar-refractivity contribution >= 4 is 17.2 Å². The first kappa shape index (κ1) is 15.2. The molecule has 24 heavy (non-hydrogen) atoms. The van der Waals surface area contributed by atoms with Crippen molar-refractivity contribution in [3.05, 3.63) is 63.6 Å². The minimum atomic E-state index is -0.786. The Balaban J connectivity index is 1.36. The second-order valence-corrected chi connectivity index (χ2v) is 6.99. The summed E-state index contributed by atoms with van der Waals surface area (Å²) in [4.78, 5) is 13.8. The third-order valence-electron chi connectivity index (χ3n) is 3.93. The zero-order valence-electron chi connectivity index (χ0n) is 12.8. The van der Waals surface area contributed by atoms with Crippen molar-refractivity contribution in [2.45, 2.75) is 31.4 Å². The van der Waals surface area contributed by atoms with Crippen molar-refractivity contribution < 1.29 is 18.8 Å². The molecule has 0 aliphatic heterocycles. The van der Waals surface area contributed by atoms with Crippen LogP contribution in [0.4, 0.5) is 0 Å². The number of carbonyl (C=O) groups is 1. The number of nitrogens with one attached hydrogen (secondary N) is 1. The summed E-state index contributed by atoms with van der Waals surface area (Å²) >= 11 is 1.43. The molecule has 6 nitrogen and oxygen atoms in total. The Morgan fingerprint density at radius 2 is 2.29 bits per heavy atom. The van der Waals surface area contributed by atoms with Gasteiger partial charge in [-0.05, 0) is 37.1 Å². The molecule has 1 aliphatic carbocycles. The van der Waals surface area contributed by atoms with Gasteiger partial charge < -0.3 is 19.4 Å². The number of carbonyl (C=O) groups excluding carboxylic acids is 1. The second-order valence-electron chi connectivity index (χ2n) is 5.79. The first-order valence-electron chi connectivity index (χ1n) is 7.75. The molecular weight excluding hydrogens is 328 g/mol. The van der Waals surface area contributed by atoms with Crippen molar-refractivity contribution in [3.63, 3.8) is 0 Å². The lowest BCUT2D eigenvalue weighted by atomic mass is 10.2. The van der Waals surface area contributed by atoms with Crippen molar-refractivity contribution in [1.82, 2.24) is 10.5 Å². The number of aliphatic hydroxyl groups is 1. The van der Waals surface area contributed by atoms with E-state index in [-0.39, 0.29) is 5.91 Å². The number of thiophene rings is 1. The minimum absolute atomic E-state index is 0.257. The number of aliphatic hydroxyl groups excluding tert-OH is 1. The van der Waals surface area contributed by atoms with Crippen LogP contribution >= 0.6 is 11.3 Å². The predicted octanol–water partition coefficient (Wildman–Crippen LogP) is 3.22. The maximum atomic E-state index is 12.1. The average molecular weight is 344 g/mol. The molecule has 1 fully saturated rings. The summed E-state index contributed by atoms with van der Waals surface area (Å²) in [5, 5.41) is 16.9. The van der Waals surface area contributed by atoms with Crippen LogP contribution in [0.3, 0.4) is 0 Å². The number of rotatable bonds is 6. The van der Waals surface area contributed by atoms with Gasteiger partial charge in [-0.3, -0.25) is 4.79 Å². The van der Waals surface area contributed by atoms with E-state index in [1.165, 1.54) is 17.6 Å². The molecule has 0 aromatic carbocycles. The molecule has 3 aromatic rings. The molecule has 124 valence electrons. The quantitative estimate of drug-likeness (QED) is 0.717. The number of aromatic nitrogens is 1. The molecule has 3 heterocycles. The van der Waals surface area contributed by atoms with E-state index in [0.29, 0.717) is 23.9 Å². The van der Waals surface area contributed by atoms with Crippen LogP contribution in [0.25, 0.3) is 0 Å². The van der Waals surface area contributed by atoms with Gasteiger partial charge in [0.15, 0.2) is 5.69 Å². The number of nitrogens with zero attached hydrogens (tertiary/aromatic N) is 1. The fourth-order valence-electron chi connectivity index (χ4n) is 2.44. The summed E-state index contributed by atoms with van der Waals surface area (Å²) < 4.78 is 10.4. The molecule has 1 atom stereocenters. The second kappa shape index (κ2) is 6.26. The summed E-state index contributed by atoms with van der Waals surface area (Å²) in [5.41, 5.74) is 0.310. The van der Waals surface area contributed by atoms with Crippen LogP contribution in [0.15, 0.2) is 45.5 Å². The van der Waals surface area contributed by atoms with E-state index in [1.54, 1.807) is 18.2 Å². The molecule has 1 aliphatic rings. The standard InChI is InChI=1S/C17H16N2O4S/c20-16(13-2-1-7-22-13)15-6-5-11(24-15)9-18-17(21)12-8-14(23-19-12)10-3-4-10/h1-2,5-8,10,16,20H,3-4,9H2,(H,18,21). The maximum Gasteiger partial charge on any atom is 0.273 e. The Morgan fingerprint density at radius 3 is 3.04 bits per heavy atom. The van der Waals surface area contributed by atoms with E-state index in [2.05, 4.69) is 10.5 Å². The van der Waals surface area contributed by atoms with Crippen LogP contribution in [0.5, 0.6) is 0 Å². The zero-order chi connectivity index (χ0) is 16.5. The third-order valence-corrected chi connectivity index (χ3v) is 5.07. The normalized spacial score (nSPS) is 15.4. The highest BCUT2D eigenvalue weighted by Crippen LogP contribution is 2.40. The van der Waals surface area contributed by atoms with Gasteiger partial charge in [0.25, 0.3) is 5.91 Å². The topological polar surface area (TPSA) is 88.5 Å². The Bertz CT molecular complexity index is 833. The fourth-order valence-corrected chi connectivity index (χ4v) is 3.39. The molecule has 3 aromatic heterocycles. The van der Waals surface area contributed by atoms with Crippen molar-refractivity contribution in [3.8, 4) is 0 Å². The first-order valence-corrected chi connectivity index (χ1v) is 8.57. The molecule has 0 spiro atoms. The number of furan rings is 1. The molecule has 1 amide bonds. The van der Waals surface area contributed by atoms with Gasteiger partial charge in [-0.1, -0.05) is 5.16 Å². The molecule has 0 saturated heterocycles. The lowest BCUT2D eigenvalue weighted by molar-refractivity contribution is 0.0942. The van der Waals surface area contributed by atoms with E-state index in [0.717, 1.165) is 28.4 Å². The van der Waals surface area contributed by atoms with Crippen LogP contribution in [0.2, 0.25) is 0 Å². The molecule has 7 heteroatoms. The zero-order valence-corrected chi connectivity index (χ0v) is 13.6. The van der Waals surface area contributed by atoms with E-state index in [1.807, 2.05) is 12.1 Å². The lowest BCUT2D eigenvalue weighted by Crippen LogP contribution is -2.22. The predicted molar refractivity (Wildman–Crippen MR) is 86.7 cm³/mol. The fraction of sp³-hybridized carbons (Fsp3) is 0.294. The van der Waals surface area contributed by atoms with E-state index < -0.39 is 6.10 Å². The van der Waals surface area contributed by atoms with Gasteiger partial charge in [0.1, 0.15) is 17.6 Å². The number of amides is 1. The molecule has 4 rings (SSSR count). The lowest BCUT2D eigenvalue weighted by Gasteiger charge is -2.04. The van der Waals surface area contributed by atoms with Gasteiger partial charge >= 0.3 is 0 Å². The van der Waals surface area contributed by atoms with Crippen molar-refractivity contribution in [1.29, 1.82) is 0 Å². The van der Waals surface area contributed by atoms with Crippen LogP contribution in [-0.4, -0.2) is 16.2 Å². The molecule has 0 radical (unpaired) electrons. The summed E-state index contributed by atoms with van der Waals surface area (Å²) in [7, 11) is 0. The summed E-state index contributed by atoms with van der Waals surface area (Å²) in [6, 6.07) is 8.90. The van der Waals surface area contributed by atoms with Gasteiger partial charge in [0, 0.05) is 21.7 Å². The van der Waals surface area contributed by atoms with Gasteiger partial charge in [0.05, 0.1) is 12.8 Å². The molecule has 1 unspecified atom stereocenters. The molecule has 1 saturated carbocycles. The van der Waals surface area contributed by atoms with Crippen LogP contribution in [0, 0.1) is 0 Å². The van der Waals surface area contributed by atoms with Crippen molar-refractivity contribution in [2.75, 3.05) is 0 Å². The highest BCUT2D eigenvalue weighted by Gasteiger charge is 2.28. The van der Waals surface area contributed by atoms with E-state index >= 15 is 0 Å². The summed E-state index contributed by atoms with van der Waals surface area (Å²) in [5.74, 6) is 1.47. The smallest absolute Gasteiger partial charge is 0.273 e. The van der Waals surface area contributed by atoms with Crippen molar-refractivity contribution in [2.24, 2.45) is 0 Å².